The van der Waals surface area contributed by atoms with Crippen LogP contribution in [0.2, 0.25) is 0 Å². The van der Waals surface area contributed by atoms with Gasteiger partial charge in [-0.05, 0) is 24.3 Å². The molecule has 0 bridgehead atoms. The topological polar surface area (TPSA) is 63.3 Å². The highest BCUT2D eigenvalue weighted by atomic mass is 19.1. The Morgan fingerprint density at radius 3 is 2.43 bits per heavy atom. The third-order valence-electron chi connectivity index (χ3n) is 2.94. The van der Waals surface area contributed by atoms with Gasteiger partial charge in [-0.3, -0.25) is 0 Å². The van der Waals surface area contributed by atoms with Crippen LogP contribution < -0.4 is 0 Å². The van der Waals surface area contributed by atoms with Gasteiger partial charge < -0.3 is 9.52 Å². The van der Waals surface area contributed by atoms with Crippen LogP contribution in [0.5, 0.6) is 0 Å². The second-order valence-electron chi connectivity index (χ2n) is 4.38. The average Bonchev–Trinajstić information content (AvgIpc) is 2.93. The summed E-state index contributed by atoms with van der Waals surface area (Å²) in [5.41, 5.74) is 0.754. The van der Waals surface area contributed by atoms with Gasteiger partial charge in [0, 0.05) is 11.1 Å². The summed E-state index contributed by atoms with van der Waals surface area (Å²) in [6.45, 7) is 0. The molecule has 3 aromatic rings. The Balaban J connectivity index is 2.16. The Kier molecular flexibility index (Phi) is 3.23. The molecular weight excluding hydrogens is 273 g/mol. The molecule has 0 radical (unpaired) electrons. The highest BCUT2D eigenvalue weighted by Gasteiger charge is 2.21. The van der Waals surface area contributed by atoms with Gasteiger partial charge in [0.25, 0.3) is 0 Å². The van der Waals surface area contributed by atoms with Crippen molar-refractivity contribution in [2.75, 3.05) is 0 Å². The van der Waals surface area contributed by atoms with Gasteiger partial charge in [-0.25, -0.2) is 14.2 Å². The van der Waals surface area contributed by atoms with Crippen molar-refractivity contribution in [1.82, 2.24) is 4.98 Å². The van der Waals surface area contributed by atoms with E-state index >= 15 is 0 Å². The minimum Gasteiger partial charge on any atom is -0.476 e. The van der Waals surface area contributed by atoms with E-state index < -0.39 is 11.8 Å². The molecule has 0 saturated heterocycles. The molecule has 0 amide bonds. The van der Waals surface area contributed by atoms with Crippen LogP contribution in [0.4, 0.5) is 4.39 Å². The van der Waals surface area contributed by atoms with E-state index in [-0.39, 0.29) is 17.3 Å². The molecule has 4 nitrogen and oxygen atoms in total. The smallest absolute Gasteiger partial charge is 0.358 e. The third kappa shape index (κ3) is 2.53. The zero-order valence-electron chi connectivity index (χ0n) is 10.8. The van der Waals surface area contributed by atoms with Gasteiger partial charge in [0.05, 0.1) is 0 Å². The number of carboxylic acids is 1. The Hall–Kier alpha value is -2.95. The van der Waals surface area contributed by atoms with E-state index in [2.05, 4.69) is 4.98 Å². The number of nitrogens with zero attached hydrogens (tertiary/aromatic N) is 1. The zero-order valence-corrected chi connectivity index (χ0v) is 10.8. The molecule has 1 heterocycles. The number of halogens is 1. The third-order valence-corrected chi connectivity index (χ3v) is 2.94. The second-order valence-corrected chi connectivity index (χ2v) is 4.38. The molecule has 2 aromatic carbocycles. The molecule has 0 aliphatic rings. The van der Waals surface area contributed by atoms with Crippen molar-refractivity contribution in [1.29, 1.82) is 0 Å². The largest absolute Gasteiger partial charge is 0.476 e. The number of benzene rings is 2. The van der Waals surface area contributed by atoms with Crippen LogP contribution in [0.3, 0.4) is 0 Å². The molecule has 21 heavy (non-hydrogen) atoms. The monoisotopic (exact) mass is 283 g/mol. The summed E-state index contributed by atoms with van der Waals surface area (Å²) in [6.07, 6.45) is 0. The van der Waals surface area contributed by atoms with Crippen molar-refractivity contribution < 1.29 is 18.7 Å². The van der Waals surface area contributed by atoms with Crippen molar-refractivity contribution >= 4 is 5.97 Å². The summed E-state index contributed by atoms with van der Waals surface area (Å²) in [6, 6.07) is 14.5. The number of carbonyl (C=O) groups is 1. The fourth-order valence-corrected chi connectivity index (χ4v) is 1.99. The highest BCUT2D eigenvalue weighted by Crippen LogP contribution is 2.30. The number of aromatic nitrogens is 1. The molecule has 1 N–H and O–H groups in total. The van der Waals surface area contributed by atoms with Crippen LogP contribution in [0, 0.1) is 5.82 Å². The van der Waals surface area contributed by atoms with Crippen LogP contribution in [-0.2, 0) is 0 Å². The molecule has 5 heteroatoms. The Bertz CT molecular complexity index is 796. The van der Waals surface area contributed by atoms with Gasteiger partial charge in [0.15, 0.2) is 11.5 Å². The molecule has 0 fully saturated rings. The van der Waals surface area contributed by atoms with E-state index in [0.29, 0.717) is 11.1 Å². The molecule has 0 aliphatic carbocycles. The Labute approximate surface area is 119 Å². The fraction of sp³-hybridized carbons (Fsp3) is 0. The minimum absolute atomic E-state index is 0.0425. The maximum Gasteiger partial charge on any atom is 0.358 e. The summed E-state index contributed by atoms with van der Waals surface area (Å²) in [5.74, 6) is -1.46. The van der Waals surface area contributed by atoms with E-state index in [9.17, 15) is 14.3 Å². The van der Waals surface area contributed by atoms with E-state index in [0.717, 1.165) is 0 Å². The first kappa shape index (κ1) is 13.1. The maximum absolute atomic E-state index is 13.3. The van der Waals surface area contributed by atoms with E-state index in [1.165, 1.54) is 18.2 Å². The van der Waals surface area contributed by atoms with Gasteiger partial charge in [-0.2, -0.15) is 0 Å². The lowest BCUT2D eigenvalue weighted by Crippen LogP contribution is -1.99. The summed E-state index contributed by atoms with van der Waals surface area (Å²) >= 11 is 0. The van der Waals surface area contributed by atoms with Crippen LogP contribution in [0.25, 0.3) is 22.8 Å². The lowest BCUT2D eigenvalue weighted by atomic mass is 10.1. The SMILES string of the molecule is O=C(O)c1nc(-c2ccccc2)oc1-c1cccc(F)c1. The maximum atomic E-state index is 13.3. The Morgan fingerprint density at radius 2 is 1.76 bits per heavy atom. The van der Waals surface area contributed by atoms with Gasteiger partial charge in [-0.1, -0.05) is 30.3 Å². The van der Waals surface area contributed by atoms with Crippen molar-refractivity contribution in [3.05, 3.63) is 66.1 Å². The quantitative estimate of drug-likeness (QED) is 0.793. The fourth-order valence-electron chi connectivity index (χ4n) is 1.99. The molecule has 0 atom stereocenters. The summed E-state index contributed by atoms with van der Waals surface area (Å²) in [5, 5.41) is 9.24. The number of hydrogen-bond donors (Lipinski definition) is 1. The first-order valence-electron chi connectivity index (χ1n) is 6.20. The van der Waals surface area contributed by atoms with Crippen molar-refractivity contribution in [2.45, 2.75) is 0 Å². The molecule has 0 spiro atoms. The summed E-state index contributed by atoms with van der Waals surface area (Å²) in [4.78, 5) is 15.3. The lowest BCUT2D eigenvalue weighted by Gasteiger charge is -1.98. The van der Waals surface area contributed by atoms with Crippen LogP contribution in [0.15, 0.2) is 59.0 Å². The van der Waals surface area contributed by atoms with Gasteiger partial charge >= 0.3 is 5.97 Å². The lowest BCUT2D eigenvalue weighted by molar-refractivity contribution is 0.0691. The molecule has 1 aromatic heterocycles. The molecule has 0 unspecified atom stereocenters. The van der Waals surface area contributed by atoms with Crippen molar-refractivity contribution in [3.63, 3.8) is 0 Å². The molecule has 104 valence electrons. The predicted molar refractivity (Wildman–Crippen MR) is 74.3 cm³/mol. The van der Waals surface area contributed by atoms with Gasteiger partial charge in [0.1, 0.15) is 5.82 Å². The minimum atomic E-state index is -1.22. The summed E-state index contributed by atoms with van der Waals surface area (Å²) in [7, 11) is 0. The second kappa shape index (κ2) is 5.20. The predicted octanol–water partition coefficient (Wildman–Crippen LogP) is 3.85. The van der Waals surface area contributed by atoms with Crippen LogP contribution in [0.1, 0.15) is 10.5 Å². The molecule has 3 rings (SSSR count). The van der Waals surface area contributed by atoms with E-state index in [4.69, 9.17) is 4.42 Å². The Morgan fingerprint density at radius 1 is 1.05 bits per heavy atom. The first-order chi connectivity index (χ1) is 10.1. The first-order valence-corrected chi connectivity index (χ1v) is 6.20. The average molecular weight is 283 g/mol. The van der Waals surface area contributed by atoms with Gasteiger partial charge in [0.2, 0.25) is 5.89 Å². The molecular formula is C16H10FNO3. The standard InChI is InChI=1S/C16H10FNO3/c17-12-8-4-7-11(9-12)14-13(16(19)20)18-15(21-14)10-5-2-1-3-6-10/h1-9H,(H,19,20). The summed E-state index contributed by atoms with van der Waals surface area (Å²) < 4.78 is 18.9. The molecule has 0 aliphatic heterocycles. The van der Waals surface area contributed by atoms with Gasteiger partial charge in [-0.15, -0.1) is 0 Å². The highest BCUT2D eigenvalue weighted by molar-refractivity contribution is 5.93. The number of oxazole rings is 1. The number of rotatable bonds is 3. The van der Waals surface area contributed by atoms with E-state index in [1.807, 2.05) is 6.07 Å². The molecule has 0 saturated carbocycles. The van der Waals surface area contributed by atoms with Crippen LogP contribution in [-0.4, -0.2) is 16.1 Å². The number of hydrogen-bond acceptors (Lipinski definition) is 3. The normalized spacial score (nSPS) is 10.5. The van der Waals surface area contributed by atoms with Crippen molar-refractivity contribution in [3.8, 4) is 22.8 Å². The zero-order chi connectivity index (χ0) is 14.8. The van der Waals surface area contributed by atoms with E-state index in [1.54, 1.807) is 30.3 Å². The van der Waals surface area contributed by atoms with Crippen LogP contribution >= 0.6 is 0 Å². The number of carboxylic acid groups (broad SMARTS) is 1. The number of aromatic carboxylic acids is 1. The van der Waals surface area contributed by atoms with Crippen molar-refractivity contribution in [2.24, 2.45) is 0 Å².